The van der Waals surface area contributed by atoms with Crippen molar-refractivity contribution >= 4 is 5.69 Å². The first kappa shape index (κ1) is 9.71. The molecule has 1 atom stereocenters. The molecule has 2 N–H and O–H groups in total. The summed E-state index contributed by atoms with van der Waals surface area (Å²) in [6.45, 7) is 0. The van der Waals surface area contributed by atoms with Gasteiger partial charge in [0, 0.05) is 25.1 Å². The summed E-state index contributed by atoms with van der Waals surface area (Å²) in [4.78, 5) is 3.97. The van der Waals surface area contributed by atoms with Crippen molar-refractivity contribution in [1.29, 1.82) is 0 Å². The molecule has 0 aliphatic carbocycles. The van der Waals surface area contributed by atoms with Crippen LogP contribution < -0.4 is 5.73 Å². The fraction of sp³-hybridized carbons (Fsp3) is 0.182. The predicted molar refractivity (Wildman–Crippen MR) is 57.0 cm³/mol. The summed E-state index contributed by atoms with van der Waals surface area (Å²) in [6.07, 6.45) is 2.10. The first-order valence-electron chi connectivity index (χ1n) is 4.65. The maximum atomic E-state index is 14.0. The van der Waals surface area contributed by atoms with Gasteiger partial charge in [-0.1, -0.05) is 12.1 Å². The molecule has 0 amide bonds. The maximum Gasteiger partial charge on any atom is 0.183 e. The molecule has 0 aliphatic rings. The number of benzene rings is 1. The zero-order valence-corrected chi connectivity index (χ0v) is 8.39. The topological polar surface area (TPSA) is 43.8 Å². The summed E-state index contributed by atoms with van der Waals surface area (Å²) < 4.78 is 15.6. The van der Waals surface area contributed by atoms with Crippen molar-refractivity contribution < 1.29 is 4.39 Å². The van der Waals surface area contributed by atoms with E-state index in [4.69, 9.17) is 5.73 Å². The Morgan fingerprint density at radius 1 is 1.33 bits per heavy atom. The highest BCUT2D eigenvalue weighted by atomic mass is 19.1. The van der Waals surface area contributed by atoms with Crippen LogP contribution in [-0.4, -0.2) is 9.55 Å². The monoisotopic (exact) mass is 205 g/mol. The van der Waals surface area contributed by atoms with Gasteiger partial charge in [-0.2, -0.15) is 0 Å². The fourth-order valence-electron chi connectivity index (χ4n) is 1.44. The second-order valence-electron chi connectivity index (χ2n) is 3.43. The smallest absolute Gasteiger partial charge is 0.183 e. The zero-order valence-electron chi connectivity index (χ0n) is 8.39. The van der Waals surface area contributed by atoms with Crippen LogP contribution in [-0.2, 0) is 7.05 Å². The number of hydrogen-bond donors (Lipinski definition) is 1. The third-order valence-corrected chi connectivity index (χ3v) is 2.31. The second kappa shape index (κ2) is 3.73. The highest BCUT2D eigenvalue weighted by Crippen LogP contribution is 2.24. The van der Waals surface area contributed by atoms with Gasteiger partial charge in [0.15, 0.2) is 6.17 Å². The Morgan fingerprint density at radius 2 is 2.00 bits per heavy atom. The van der Waals surface area contributed by atoms with E-state index in [1.54, 1.807) is 48.3 Å². The summed E-state index contributed by atoms with van der Waals surface area (Å²) in [6, 6.07) is 6.72. The minimum atomic E-state index is -1.20. The van der Waals surface area contributed by atoms with Crippen LogP contribution >= 0.6 is 0 Å². The van der Waals surface area contributed by atoms with E-state index in [2.05, 4.69) is 4.98 Å². The van der Waals surface area contributed by atoms with Gasteiger partial charge in [-0.05, 0) is 17.7 Å². The average Bonchev–Trinajstić information content (AvgIpc) is 2.65. The lowest BCUT2D eigenvalue weighted by Crippen LogP contribution is -2.03. The van der Waals surface area contributed by atoms with Gasteiger partial charge in [0.25, 0.3) is 0 Å². The number of hydrogen-bond acceptors (Lipinski definition) is 2. The molecule has 78 valence electrons. The summed E-state index contributed by atoms with van der Waals surface area (Å²) in [5, 5.41) is 0. The first-order valence-corrected chi connectivity index (χ1v) is 4.65. The Labute approximate surface area is 87.4 Å². The lowest BCUT2D eigenvalue weighted by atomic mass is 10.1. The number of rotatable bonds is 2. The van der Waals surface area contributed by atoms with Crippen LogP contribution in [0.25, 0.3) is 0 Å². The number of halogens is 1. The lowest BCUT2D eigenvalue weighted by Gasteiger charge is -2.08. The average molecular weight is 205 g/mol. The molecule has 0 saturated carbocycles. The molecule has 2 rings (SSSR count). The normalized spacial score (nSPS) is 12.7. The number of nitrogens with two attached hydrogens (primary N) is 1. The molecule has 15 heavy (non-hydrogen) atoms. The van der Waals surface area contributed by atoms with E-state index in [0.717, 1.165) is 0 Å². The first-order chi connectivity index (χ1) is 7.18. The molecule has 0 bridgehead atoms. The molecule has 0 aliphatic heterocycles. The van der Waals surface area contributed by atoms with E-state index >= 15 is 0 Å². The summed E-state index contributed by atoms with van der Waals surface area (Å²) in [5.74, 6) is 0.403. The van der Waals surface area contributed by atoms with E-state index in [9.17, 15) is 4.39 Å². The third kappa shape index (κ3) is 1.83. The van der Waals surface area contributed by atoms with Crippen LogP contribution in [0.2, 0.25) is 0 Å². The predicted octanol–water partition coefficient (Wildman–Crippen LogP) is 2.06. The van der Waals surface area contributed by atoms with E-state index in [-0.39, 0.29) is 0 Å². The second-order valence-corrected chi connectivity index (χ2v) is 3.43. The molecule has 1 heterocycles. The fourth-order valence-corrected chi connectivity index (χ4v) is 1.44. The Hall–Kier alpha value is -1.84. The SMILES string of the molecule is Cn1ccnc1C(F)c1ccc(N)cc1. The van der Waals surface area contributed by atoms with E-state index in [0.29, 0.717) is 17.1 Å². The minimum Gasteiger partial charge on any atom is -0.399 e. The molecule has 1 unspecified atom stereocenters. The number of anilines is 1. The third-order valence-electron chi connectivity index (χ3n) is 2.31. The van der Waals surface area contributed by atoms with E-state index in [1.165, 1.54) is 0 Å². The zero-order chi connectivity index (χ0) is 10.8. The Kier molecular flexibility index (Phi) is 2.41. The lowest BCUT2D eigenvalue weighted by molar-refractivity contribution is 0.376. The van der Waals surface area contributed by atoms with Gasteiger partial charge in [0.2, 0.25) is 0 Å². The number of alkyl halides is 1. The molecule has 0 radical (unpaired) electrons. The Bertz CT molecular complexity index is 447. The number of nitrogens with zero attached hydrogens (tertiary/aromatic N) is 2. The van der Waals surface area contributed by atoms with Crippen molar-refractivity contribution in [3.8, 4) is 0 Å². The van der Waals surface area contributed by atoms with Gasteiger partial charge in [-0.25, -0.2) is 9.37 Å². The van der Waals surface area contributed by atoms with Crippen LogP contribution in [0.1, 0.15) is 17.6 Å². The van der Waals surface area contributed by atoms with Crippen LogP contribution in [0.15, 0.2) is 36.7 Å². The molecule has 1 aromatic heterocycles. The largest absolute Gasteiger partial charge is 0.399 e. The molecule has 1 aromatic carbocycles. The number of imidazole rings is 1. The molecule has 0 fully saturated rings. The highest BCUT2D eigenvalue weighted by Gasteiger charge is 2.16. The molecular weight excluding hydrogens is 193 g/mol. The maximum absolute atomic E-state index is 14.0. The van der Waals surface area contributed by atoms with E-state index < -0.39 is 6.17 Å². The molecular formula is C11H12FN3. The summed E-state index contributed by atoms with van der Waals surface area (Å²) in [7, 11) is 1.77. The number of aromatic nitrogens is 2. The quantitative estimate of drug-likeness (QED) is 0.762. The van der Waals surface area contributed by atoms with Crippen molar-refractivity contribution in [2.45, 2.75) is 6.17 Å². The van der Waals surface area contributed by atoms with Crippen LogP contribution in [0.3, 0.4) is 0 Å². The molecule has 2 aromatic rings. The summed E-state index contributed by atoms with van der Waals surface area (Å²) >= 11 is 0. The molecule has 0 spiro atoms. The Balaban J connectivity index is 2.32. The van der Waals surface area contributed by atoms with Gasteiger partial charge < -0.3 is 10.3 Å². The molecule has 0 saturated heterocycles. The highest BCUT2D eigenvalue weighted by molar-refractivity contribution is 5.40. The van der Waals surface area contributed by atoms with Gasteiger partial charge in [0.05, 0.1) is 0 Å². The number of aryl methyl sites for hydroxylation is 1. The van der Waals surface area contributed by atoms with Crippen molar-refractivity contribution in [3.63, 3.8) is 0 Å². The van der Waals surface area contributed by atoms with Crippen molar-refractivity contribution in [3.05, 3.63) is 48.0 Å². The van der Waals surface area contributed by atoms with Gasteiger partial charge in [-0.3, -0.25) is 0 Å². The minimum absolute atomic E-state index is 0.403. The van der Waals surface area contributed by atoms with Crippen LogP contribution in [0.4, 0.5) is 10.1 Å². The molecule has 4 heteroatoms. The number of nitrogen functional groups attached to an aromatic ring is 1. The Morgan fingerprint density at radius 3 is 2.53 bits per heavy atom. The van der Waals surface area contributed by atoms with E-state index in [1.807, 2.05) is 0 Å². The van der Waals surface area contributed by atoms with Gasteiger partial charge >= 0.3 is 0 Å². The van der Waals surface area contributed by atoms with Crippen molar-refractivity contribution in [2.24, 2.45) is 7.05 Å². The van der Waals surface area contributed by atoms with Crippen LogP contribution in [0.5, 0.6) is 0 Å². The van der Waals surface area contributed by atoms with Gasteiger partial charge in [-0.15, -0.1) is 0 Å². The van der Waals surface area contributed by atoms with Gasteiger partial charge in [0.1, 0.15) is 5.82 Å². The molecule has 3 nitrogen and oxygen atoms in total. The van der Waals surface area contributed by atoms with Crippen LogP contribution in [0, 0.1) is 0 Å². The van der Waals surface area contributed by atoms with Crippen molar-refractivity contribution in [2.75, 3.05) is 5.73 Å². The summed E-state index contributed by atoms with van der Waals surface area (Å²) in [5.41, 5.74) is 6.73. The standard InChI is InChI=1S/C11H12FN3/c1-15-7-6-14-11(15)10(12)8-2-4-9(13)5-3-8/h2-7,10H,13H2,1H3. The van der Waals surface area contributed by atoms with Crippen molar-refractivity contribution in [1.82, 2.24) is 9.55 Å².